The fourth-order valence-electron chi connectivity index (χ4n) is 2.36. The molecule has 1 aliphatic rings. The number of hydrogen-bond donors (Lipinski definition) is 0. The molecule has 0 aliphatic carbocycles. The van der Waals surface area contributed by atoms with Crippen molar-refractivity contribution in [1.29, 1.82) is 0 Å². The summed E-state index contributed by atoms with van der Waals surface area (Å²) < 4.78 is 10.6. The predicted molar refractivity (Wildman–Crippen MR) is 73.3 cm³/mol. The number of rotatable bonds is 6. The minimum absolute atomic E-state index is 0.0834. The number of Topliss-reactive ketones (excluding diaryl/α,β-unsaturated/α-hetero) is 1. The van der Waals surface area contributed by atoms with Gasteiger partial charge >= 0.3 is 0 Å². The van der Waals surface area contributed by atoms with Gasteiger partial charge in [-0.25, -0.2) is 0 Å². The molecule has 1 aromatic rings. The van der Waals surface area contributed by atoms with Crippen molar-refractivity contribution in [3.63, 3.8) is 0 Å². The van der Waals surface area contributed by atoms with Gasteiger partial charge in [0.05, 0.1) is 20.3 Å². The van der Waals surface area contributed by atoms with E-state index in [4.69, 9.17) is 9.47 Å². The van der Waals surface area contributed by atoms with Gasteiger partial charge in [0.15, 0.2) is 5.78 Å². The molecular formula is C15H21NO3. The SMILES string of the molecule is COc1ccccc1CN(C)CC(=O)C1CCOC1. The first-order chi connectivity index (χ1) is 9.20. The summed E-state index contributed by atoms with van der Waals surface area (Å²) in [5, 5.41) is 0. The number of ketones is 1. The first kappa shape index (κ1) is 14.0. The van der Waals surface area contributed by atoms with Crippen LogP contribution in [-0.2, 0) is 16.1 Å². The molecule has 0 radical (unpaired) electrons. The Labute approximate surface area is 114 Å². The van der Waals surface area contributed by atoms with Gasteiger partial charge in [-0.05, 0) is 19.5 Å². The van der Waals surface area contributed by atoms with Crippen LogP contribution in [0.15, 0.2) is 24.3 Å². The second-order valence-corrected chi connectivity index (χ2v) is 5.01. The molecule has 4 heteroatoms. The largest absolute Gasteiger partial charge is 0.496 e. The summed E-state index contributed by atoms with van der Waals surface area (Å²) in [6, 6.07) is 7.90. The Morgan fingerprint density at radius 1 is 1.47 bits per heavy atom. The number of carbonyl (C=O) groups excluding carboxylic acids is 1. The zero-order chi connectivity index (χ0) is 13.7. The molecule has 0 amide bonds. The van der Waals surface area contributed by atoms with Crippen LogP contribution in [-0.4, -0.2) is 44.6 Å². The number of carbonyl (C=O) groups is 1. The third-order valence-electron chi connectivity index (χ3n) is 3.44. The van der Waals surface area contributed by atoms with E-state index in [-0.39, 0.29) is 11.7 Å². The van der Waals surface area contributed by atoms with E-state index in [1.165, 1.54) is 0 Å². The van der Waals surface area contributed by atoms with E-state index < -0.39 is 0 Å². The topological polar surface area (TPSA) is 38.8 Å². The molecule has 0 aromatic heterocycles. The van der Waals surface area contributed by atoms with Crippen molar-refractivity contribution in [2.75, 3.05) is 33.9 Å². The second-order valence-electron chi connectivity index (χ2n) is 5.01. The minimum atomic E-state index is 0.0834. The van der Waals surface area contributed by atoms with E-state index in [0.29, 0.717) is 26.3 Å². The zero-order valence-corrected chi connectivity index (χ0v) is 11.6. The maximum atomic E-state index is 12.0. The van der Waals surface area contributed by atoms with Gasteiger partial charge in [-0.3, -0.25) is 9.69 Å². The number of ether oxygens (including phenoxy) is 2. The summed E-state index contributed by atoms with van der Waals surface area (Å²) in [6.45, 7) is 2.48. The smallest absolute Gasteiger partial charge is 0.152 e. The Morgan fingerprint density at radius 3 is 2.95 bits per heavy atom. The molecule has 0 bridgehead atoms. The lowest BCUT2D eigenvalue weighted by Gasteiger charge is -2.19. The van der Waals surface area contributed by atoms with Gasteiger partial charge in [-0.1, -0.05) is 18.2 Å². The first-order valence-electron chi connectivity index (χ1n) is 6.61. The summed E-state index contributed by atoms with van der Waals surface area (Å²) >= 11 is 0. The van der Waals surface area contributed by atoms with E-state index in [0.717, 1.165) is 17.7 Å². The van der Waals surface area contributed by atoms with Crippen LogP contribution in [0.25, 0.3) is 0 Å². The quantitative estimate of drug-likeness (QED) is 0.783. The number of para-hydroxylation sites is 1. The molecule has 4 nitrogen and oxygen atoms in total. The zero-order valence-electron chi connectivity index (χ0n) is 11.6. The van der Waals surface area contributed by atoms with Crippen molar-refractivity contribution in [2.24, 2.45) is 5.92 Å². The van der Waals surface area contributed by atoms with Crippen molar-refractivity contribution in [3.8, 4) is 5.75 Å². The average Bonchev–Trinajstić information content (AvgIpc) is 2.93. The number of hydrogen-bond acceptors (Lipinski definition) is 4. The highest BCUT2D eigenvalue weighted by Gasteiger charge is 2.24. The summed E-state index contributed by atoms with van der Waals surface area (Å²) in [5.74, 6) is 1.22. The van der Waals surface area contributed by atoms with E-state index in [1.54, 1.807) is 7.11 Å². The van der Waals surface area contributed by atoms with Crippen LogP contribution in [0.2, 0.25) is 0 Å². The fourth-order valence-corrected chi connectivity index (χ4v) is 2.36. The normalized spacial score (nSPS) is 18.8. The monoisotopic (exact) mass is 263 g/mol. The maximum absolute atomic E-state index is 12.0. The Morgan fingerprint density at radius 2 is 2.26 bits per heavy atom. The first-order valence-corrected chi connectivity index (χ1v) is 6.61. The van der Waals surface area contributed by atoms with E-state index in [2.05, 4.69) is 0 Å². The molecule has 0 N–H and O–H groups in total. The summed E-state index contributed by atoms with van der Waals surface area (Å²) in [6.07, 6.45) is 0.862. The van der Waals surface area contributed by atoms with Gasteiger partial charge in [0.25, 0.3) is 0 Å². The van der Waals surface area contributed by atoms with Crippen LogP contribution in [0.4, 0.5) is 0 Å². The molecule has 1 unspecified atom stereocenters. The molecule has 2 rings (SSSR count). The molecule has 0 spiro atoms. The molecule has 1 aromatic carbocycles. The molecule has 1 saturated heterocycles. The summed E-state index contributed by atoms with van der Waals surface area (Å²) in [7, 11) is 3.63. The molecule has 1 fully saturated rings. The fraction of sp³-hybridized carbons (Fsp3) is 0.533. The van der Waals surface area contributed by atoms with Crippen molar-refractivity contribution in [1.82, 2.24) is 4.90 Å². The van der Waals surface area contributed by atoms with Gasteiger partial charge in [0.1, 0.15) is 5.75 Å². The van der Waals surface area contributed by atoms with Crippen LogP contribution >= 0.6 is 0 Å². The lowest BCUT2D eigenvalue weighted by molar-refractivity contribution is -0.123. The molecule has 1 heterocycles. The number of benzene rings is 1. The van der Waals surface area contributed by atoms with E-state index in [1.807, 2.05) is 36.2 Å². The Hall–Kier alpha value is -1.39. The number of nitrogens with zero attached hydrogens (tertiary/aromatic N) is 1. The Kier molecular flexibility index (Phi) is 4.93. The van der Waals surface area contributed by atoms with Crippen LogP contribution in [0, 0.1) is 5.92 Å². The summed E-state index contributed by atoms with van der Waals surface area (Å²) in [5.41, 5.74) is 1.10. The molecular weight excluding hydrogens is 242 g/mol. The van der Waals surface area contributed by atoms with Crippen LogP contribution in [0.5, 0.6) is 5.75 Å². The van der Waals surface area contributed by atoms with Crippen molar-refractivity contribution >= 4 is 5.78 Å². The minimum Gasteiger partial charge on any atom is -0.496 e. The molecule has 1 atom stereocenters. The second kappa shape index (κ2) is 6.68. The predicted octanol–water partition coefficient (Wildman–Crippen LogP) is 1.73. The maximum Gasteiger partial charge on any atom is 0.152 e. The van der Waals surface area contributed by atoms with E-state index >= 15 is 0 Å². The summed E-state index contributed by atoms with van der Waals surface area (Å²) in [4.78, 5) is 14.1. The highest BCUT2D eigenvalue weighted by atomic mass is 16.5. The van der Waals surface area contributed by atoms with Crippen LogP contribution in [0.3, 0.4) is 0 Å². The number of likely N-dealkylation sites (N-methyl/N-ethyl adjacent to an activating group) is 1. The standard InChI is InChI=1S/C15H21NO3/c1-16(10-14(17)13-7-8-19-11-13)9-12-5-3-4-6-15(12)18-2/h3-6,13H,7-11H2,1-2H3. The van der Waals surface area contributed by atoms with Gasteiger partial charge in [-0.15, -0.1) is 0 Å². The average molecular weight is 263 g/mol. The highest BCUT2D eigenvalue weighted by Crippen LogP contribution is 2.19. The van der Waals surface area contributed by atoms with Gasteiger partial charge in [0.2, 0.25) is 0 Å². The lowest BCUT2D eigenvalue weighted by Crippen LogP contribution is -2.30. The third kappa shape index (κ3) is 3.78. The Bertz CT molecular complexity index is 427. The van der Waals surface area contributed by atoms with Gasteiger partial charge < -0.3 is 9.47 Å². The molecule has 0 saturated carbocycles. The van der Waals surface area contributed by atoms with Crippen molar-refractivity contribution < 1.29 is 14.3 Å². The van der Waals surface area contributed by atoms with Gasteiger partial charge in [-0.2, -0.15) is 0 Å². The van der Waals surface area contributed by atoms with Gasteiger partial charge in [0, 0.05) is 24.6 Å². The number of methoxy groups -OCH3 is 1. The van der Waals surface area contributed by atoms with E-state index in [9.17, 15) is 4.79 Å². The third-order valence-corrected chi connectivity index (χ3v) is 3.44. The lowest BCUT2D eigenvalue weighted by atomic mass is 10.0. The molecule has 1 aliphatic heterocycles. The van der Waals surface area contributed by atoms with Crippen LogP contribution in [0.1, 0.15) is 12.0 Å². The molecule has 19 heavy (non-hydrogen) atoms. The van der Waals surface area contributed by atoms with Crippen molar-refractivity contribution in [2.45, 2.75) is 13.0 Å². The molecule has 104 valence electrons. The van der Waals surface area contributed by atoms with Crippen LogP contribution < -0.4 is 4.74 Å². The van der Waals surface area contributed by atoms with Crippen molar-refractivity contribution in [3.05, 3.63) is 29.8 Å². The Balaban J connectivity index is 1.89. The highest BCUT2D eigenvalue weighted by molar-refractivity contribution is 5.83.